The van der Waals surface area contributed by atoms with Crippen LogP contribution in [0.4, 0.5) is 0 Å². The van der Waals surface area contributed by atoms with E-state index < -0.39 is 18.0 Å². The molecule has 0 unspecified atom stereocenters. The number of hydrogen-bond acceptors (Lipinski definition) is 5. The van der Waals surface area contributed by atoms with Crippen LogP contribution in [0.3, 0.4) is 0 Å². The molecule has 0 radical (unpaired) electrons. The summed E-state index contributed by atoms with van der Waals surface area (Å²) >= 11 is 1.87. The van der Waals surface area contributed by atoms with E-state index in [1.807, 2.05) is 11.8 Å². The maximum absolute atomic E-state index is 12.5. The fraction of sp³-hybridized carbons (Fsp3) is 0.778. The number of amides is 1. The van der Waals surface area contributed by atoms with Crippen molar-refractivity contribution < 1.29 is 19.8 Å². The van der Waals surface area contributed by atoms with Gasteiger partial charge < -0.3 is 20.4 Å². The first-order valence-electron chi connectivity index (χ1n) is 9.31. The van der Waals surface area contributed by atoms with Crippen molar-refractivity contribution in [3.63, 3.8) is 0 Å². The van der Waals surface area contributed by atoms with Gasteiger partial charge in [0.05, 0.1) is 18.1 Å². The number of β-lactam (4-membered cyclic amide) rings is 1. The predicted molar refractivity (Wildman–Crippen MR) is 95.0 cm³/mol. The van der Waals surface area contributed by atoms with Gasteiger partial charge in [-0.2, -0.15) is 11.8 Å². The van der Waals surface area contributed by atoms with Gasteiger partial charge in [-0.05, 0) is 56.5 Å². The molecule has 25 heavy (non-hydrogen) atoms. The number of carbonyl (C=O) groups is 2. The minimum Gasteiger partial charge on any atom is -0.477 e. The highest BCUT2D eigenvalue weighted by Crippen LogP contribution is 2.54. The van der Waals surface area contributed by atoms with Gasteiger partial charge in [0, 0.05) is 11.2 Å². The Kier molecular flexibility index (Phi) is 4.58. The molecule has 1 aliphatic carbocycles. The summed E-state index contributed by atoms with van der Waals surface area (Å²) in [4.78, 5) is 25.9. The van der Waals surface area contributed by atoms with Crippen molar-refractivity contribution in [3.05, 3.63) is 11.3 Å². The van der Waals surface area contributed by atoms with Gasteiger partial charge in [-0.15, -0.1) is 0 Å². The molecule has 4 aliphatic rings. The molecule has 3 N–H and O–H groups in total. The normalized spacial score (nSPS) is 38.4. The van der Waals surface area contributed by atoms with Crippen LogP contribution < -0.4 is 5.32 Å². The lowest BCUT2D eigenvalue weighted by Crippen LogP contribution is -2.64. The highest BCUT2D eigenvalue weighted by molar-refractivity contribution is 8.00. The van der Waals surface area contributed by atoms with E-state index in [1.165, 1.54) is 11.3 Å². The van der Waals surface area contributed by atoms with E-state index in [9.17, 15) is 19.8 Å². The molecule has 6 nitrogen and oxygen atoms in total. The fourth-order valence-corrected chi connectivity index (χ4v) is 6.70. The molecule has 7 heteroatoms. The Balaban J connectivity index is 1.59. The molecule has 3 aliphatic heterocycles. The standard InChI is InChI=1S/C18H26N2O4S/c1-9(21)13-15-11-3-2-4-12(25-8-10-5-6-19-7-10)14(11)16(18(23)24)20(15)17(13)22/h9-13,15,19,21H,2-8H2,1H3,(H,23,24)/t9-,10-,11+,12+,13-,15-/m1/s1. The molecule has 3 fully saturated rings. The molecule has 0 spiro atoms. The number of carboxylic acid groups (broad SMARTS) is 1. The van der Waals surface area contributed by atoms with Crippen molar-refractivity contribution in [1.29, 1.82) is 0 Å². The number of nitrogens with one attached hydrogen (secondary N) is 1. The minimum absolute atomic E-state index is 0.108. The van der Waals surface area contributed by atoms with Crippen LogP contribution in [0.5, 0.6) is 0 Å². The summed E-state index contributed by atoms with van der Waals surface area (Å²) in [5, 5.41) is 23.3. The summed E-state index contributed by atoms with van der Waals surface area (Å²) in [7, 11) is 0. The van der Waals surface area contributed by atoms with Crippen molar-refractivity contribution >= 4 is 23.6 Å². The van der Waals surface area contributed by atoms with Crippen LogP contribution in [-0.4, -0.2) is 63.2 Å². The Bertz CT molecular complexity index is 614. The number of aliphatic carboxylic acids is 1. The van der Waals surface area contributed by atoms with E-state index in [0.29, 0.717) is 5.92 Å². The van der Waals surface area contributed by atoms with Crippen LogP contribution in [0.2, 0.25) is 0 Å². The number of thioether (sulfide) groups is 1. The van der Waals surface area contributed by atoms with E-state index in [2.05, 4.69) is 5.32 Å². The van der Waals surface area contributed by atoms with E-state index in [1.54, 1.807) is 6.92 Å². The Labute approximate surface area is 152 Å². The number of nitrogens with zero attached hydrogens (tertiary/aromatic N) is 1. The van der Waals surface area contributed by atoms with Crippen LogP contribution in [0, 0.1) is 17.8 Å². The summed E-state index contributed by atoms with van der Waals surface area (Å²) in [5.74, 6) is 0.151. The summed E-state index contributed by atoms with van der Waals surface area (Å²) in [6.07, 6.45) is 3.44. The predicted octanol–water partition coefficient (Wildman–Crippen LogP) is 1.06. The molecule has 0 aromatic rings. The van der Waals surface area contributed by atoms with Crippen molar-refractivity contribution in [3.8, 4) is 0 Å². The molecule has 138 valence electrons. The van der Waals surface area contributed by atoms with Gasteiger partial charge in [-0.3, -0.25) is 4.79 Å². The number of hydrogen-bond donors (Lipinski definition) is 3. The van der Waals surface area contributed by atoms with Crippen LogP contribution in [0.25, 0.3) is 0 Å². The molecule has 1 saturated carbocycles. The minimum atomic E-state index is -0.991. The number of aliphatic hydroxyl groups is 1. The first-order chi connectivity index (χ1) is 12.0. The highest BCUT2D eigenvalue weighted by atomic mass is 32.2. The molecular weight excluding hydrogens is 340 g/mol. The van der Waals surface area contributed by atoms with Gasteiger partial charge in [-0.1, -0.05) is 6.42 Å². The van der Waals surface area contributed by atoms with Gasteiger partial charge >= 0.3 is 5.97 Å². The SMILES string of the molecule is C[C@@H](O)[C@H]1C(=O)N2C(C(=O)O)=C3[C@@H](SC[C@@H]4CCNC4)CCC[C@@H]3[C@H]12. The number of aliphatic hydroxyl groups excluding tert-OH is 1. The quantitative estimate of drug-likeness (QED) is 0.631. The zero-order valence-electron chi connectivity index (χ0n) is 14.5. The number of rotatable bonds is 5. The lowest BCUT2D eigenvalue weighted by Gasteiger charge is -2.47. The summed E-state index contributed by atoms with van der Waals surface area (Å²) in [6.45, 7) is 3.76. The Morgan fingerprint density at radius 3 is 2.84 bits per heavy atom. The largest absolute Gasteiger partial charge is 0.477 e. The Morgan fingerprint density at radius 2 is 2.20 bits per heavy atom. The summed E-state index contributed by atoms with van der Waals surface area (Å²) < 4.78 is 0. The van der Waals surface area contributed by atoms with E-state index >= 15 is 0 Å². The van der Waals surface area contributed by atoms with Crippen molar-refractivity contribution in [2.45, 2.75) is 50.0 Å². The van der Waals surface area contributed by atoms with Crippen LogP contribution in [0.1, 0.15) is 32.6 Å². The van der Waals surface area contributed by atoms with Gasteiger partial charge in [0.2, 0.25) is 5.91 Å². The van der Waals surface area contributed by atoms with Gasteiger partial charge in [0.1, 0.15) is 5.70 Å². The maximum atomic E-state index is 12.5. The number of carbonyl (C=O) groups excluding carboxylic acids is 1. The molecule has 3 heterocycles. The Morgan fingerprint density at radius 1 is 1.40 bits per heavy atom. The van der Waals surface area contributed by atoms with Crippen molar-refractivity contribution in [1.82, 2.24) is 10.2 Å². The first-order valence-corrected chi connectivity index (χ1v) is 10.4. The number of carboxylic acids is 1. The monoisotopic (exact) mass is 366 g/mol. The summed E-state index contributed by atoms with van der Waals surface area (Å²) in [5.41, 5.74) is 1.19. The van der Waals surface area contributed by atoms with Crippen molar-refractivity contribution in [2.24, 2.45) is 17.8 Å². The molecule has 0 aromatic carbocycles. The van der Waals surface area contributed by atoms with Gasteiger partial charge in [-0.25, -0.2) is 4.79 Å². The second-order valence-corrected chi connectivity index (χ2v) is 9.03. The molecule has 4 rings (SSSR count). The van der Waals surface area contributed by atoms with E-state index in [-0.39, 0.29) is 28.8 Å². The molecule has 6 atom stereocenters. The van der Waals surface area contributed by atoms with Crippen LogP contribution >= 0.6 is 11.8 Å². The molecule has 0 aromatic heterocycles. The third-order valence-corrected chi connectivity index (χ3v) is 7.82. The zero-order chi connectivity index (χ0) is 17.7. The molecule has 1 amide bonds. The average Bonchev–Trinajstić information content (AvgIpc) is 3.17. The lowest BCUT2D eigenvalue weighted by molar-refractivity contribution is -0.163. The average molecular weight is 366 g/mol. The second-order valence-electron chi connectivity index (χ2n) is 7.79. The summed E-state index contributed by atoms with van der Waals surface area (Å²) in [6, 6.07) is -0.148. The third kappa shape index (κ3) is 2.71. The van der Waals surface area contributed by atoms with Crippen LogP contribution in [0.15, 0.2) is 11.3 Å². The molecular formula is C18H26N2O4S. The van der Waals surface area contributed by atoms with Gasteiger partial charge in [0.25, 0.3) is 0 Å². The van der Waals surface area contributed by atoms with Crippen LogP contribution in [-0.2, 0) is 9.59 Å². The topological polar surface area (TPSA) is 89.9 Å². The zero-order valence-corrected chi connectivity index (χ0v) is 15.3. The molecule has 2 saturated heterocycles. The molecule has 0 bridgehead atoms. The highest BCUT2D eigenvalue weighted by Gasteiger charge is 2.62. The Hall–Kier alpha value is -1.05. The van der Waals surface area contributed by atoms with Crippen molar-refractivity contribution in [2.75, 3.05) is 18.8 Å². The first kappa shape index (κ1) is 17.4. The third-order valence-electron chi connectivity index (χ3n) is 6.26. The van der Waals surface area contributed by atoms with E-state index in [0.717, 1.165) is 43.7 Å². The lowest BCUT2D eigenvalue weighted by atomic mass is 9.72. The van der Waals surface area contributed by atoms with Gasteiger partial charge in [0.15, 0.2) is 0 Å². The fourth-order valence-electron chi connectivity index (χ4n) is 5.12. The number of fused-ring (bicyclic) bond motifs is 3. The van der Waals surface area contributed by atoms with E-state index in [4.69, 9.17) is 0 Å². The maximum Gasteiger partial charge on any atom is 0.352 e. The second kappa shape index (κ2) is 6.59. The smallest absolute Gasteiger partial charge is 0.352 e.